The van der Waals surface area contributed by atoms with Gasteiger partial charge >= 0.3 is 5.63 Å². The van der Waals surface area contributed by atoms with Crippen LogP contribution in [0.15, 0.2) is 45.6 Å². The number of hydrogen-bond donors (Lipinski definition) is 1. The number of hydrogen-bond acceptors (Lipinski definition) is 3. The highest BCUT2D eigenvalue weighted by Crippen LogP contribution is 2.47. The molecule has 0 saturated heterocycles. The van der Waals surface area contributed by atoms with E-state index in [1.807, 2.05) is 30.3 Å². The van der Waals surface area contributed by atoms with E-state index in [1.165, 1.54) is 0 Å². The molecule has 1 N–H and O–H groups in total. The Morgan fingerprint density at radius 3 is 2.28 bits per heavy atom. The summed E-state index contributed by atoms with van der Waals surface area (Å²) in [5, 5.41) is 10.7. The SMILES string of the molecule is CCCC(CCC)c1cc(O)c(C(c2ccccc2)C2CC2)c(=O)o1. The molecule has 1 fully saturated rings. The first kappa shape index (κ1) is 17.8. The number of benzene rings is 1. The minimum Gasteiger partial charge on any atom is -0.507 e. The molecule has 1 aromatic carbocycles. The summed E-state index contributed by atoms with van der Waals surface area (Å²) in [5.41, 5.74) is 1.15. The van der Waals surface area contributed by atoms with Crippen LogP contribution in [0.5, 0.6) is 5.75 Å². The van der Waals surface area contributed by atoms with Gasteiger partial charge in [-0.05, 0) is 37.2 Å². The maximum Gasteiger partial charge on any atom is 0.343 e. The largest absolute Gasteiger partial charge is 0.507 e. The first-order chi connectivity index (χ1) is 12.2. The topological polar surface area (TPSA) is 50.4 Å². The van der Waals surface area contributed by atoms with Gasteiger partial charge in [-0.3, -0.25) is 0 Å². The van der Waals surface area contributed by atoms with Gasteiger partial charge in [0, 0.05) is 17.9 Å². The number of aromatic hydroxyl groups is 1. The maximum atomic E-state index is 12.8. The molecule has 0 radical (unpaired) electrons. The summed E-state index contributed by atoms with van der Waals surface area (Å²) in [6, 6.07) is 11.7. The van der Waals surface area contributed by atoms with Crippen molar-refractivity contribution in [1.82, 2.24) is 0 Å². The average molecular weight is 340 g/mol. The van der Waals surface area contributed by atoms with E-state index in [2.05, 4.69) is 13.8 Å². The molecule has 1 unspecified atom stereocenters. The predicted molar refractivity (Wildman–Crippen MR) is 100 cm³/mol. The lowest BCUT2D eigenvalue weighted by atomic mass is 9.87. The lowest BCUT2D eigenvalue weighted by Crippen LogP contribution is -2.17. The minimum atomic E-state index is -0.368. The normalized spacial score (nSPS) is 15.5. The van der Waals surface area contributed by atoms with E-state index in [4.69, 9.17) is 4.42 Å². The Balaban J connectivity index is 2.00. The van der Waals surface area contributed by atoms with E-state index in [-0.39, 0.29) is 23.2 Å². The van der Waals surface area contributed by atoms with Gasteiger partial charge in [-0.2, -0.15) is 0 Å². The molecule has 0 bridgehead atoms. The van der Waals surface area contributed by atoms with Crippen molar-refractivity contribution in [3.63, 3.8) is 0 Å². The summed E-state index contributed by atoms with van der Waals surface area (Å²) in [6.45, 7) is 4.26. The van der Waals surface area contributed by atoms with Crippen LogP contribution in [-0.4, -0.2) is 5.11 Å². The van der Waals surface area contributed by atoms with Crippen molar-refractivity contribution < 1.29 is 9.52 Å². The van der Waals surface area contributed by atoms with E-state index in [9.17, 15) is 9.90 Å². The van der Waals surface area contributed by atoms with Crippen molar-refractivity contribution in [2.75, 3.05) is 0 Å². The molecule has 3 nitrogen and oxygen atoms in total. The highest BCUT2D eigenvalue weighted by molar-refractivity contribution is 5.41. The summed E-state index contributed by atoms with van der Waals surface area (Å²) < 4.78 is 5.72. The molecule has 25 heavy (non-hydrogen) atoms. The van der Waals surface area contributed by atoms with Crippen molar-refractivity contribution in [3.8, 4) is 5.75 Å². The fourth-order valence-corrected chi connectivity index (χ4v) is 3.89. The van der Waals surface area contributed by atoms with Crippen LogP contribution in [0.4, 0.5) is 0 Å². The van der Waals surface area contributed by atoms with Crippen LogP contribution in [0, 0.1) is 5.92 Å². The Kier molecular flexibility index (Phi) is 5.62. The van der Waals surface area contributed by atoms with Gasteiger partial charge in [-0.25, -0.2) is 4.79 Å². The fraction of sp³-hybridized carbons (Fsp3) is 0.500. The zero-order valence-corrected chi connectivity index (χ0v) is 15.2. The van der Waals surface area contributed by atoms with E-state index in [0.717, 1.165) is 44.1 Å². The van der Waals surface area contributed by atoms with Gasteiger partial charge in [0.15, 0.2) is 0 Å². The third-order valence-electron chi connectivity index (χ3n) is 5.23. The molecule has 0 amide bonds. The summed E-state index contributed by atoms with van der Waals surface area (Å²) >= 11 is 0. The predicted octanol–water partition coefficient (Wildman–Crippen LogP) is 5.57. The van der Waals surface area contributed by atoms with Gasteiger partial charge in [-0.15, -0.1) is 0 Å². The van der Waals surface area contributed by atoms with E-state index in [0.29, 0.717) is 17.2 Å². The molecule has 3 rings (SSSR count). The van der Waals surface area contributed by atoms with Gasteiger partial charge in [0.1, 0.15) is 11.5 Å². The van der Waals surface area contributed by atoms with Crippen molar-refractivity contribution in [2.45, 2.75) is 64.2 Å². The molecule has 1 saturated carbocycles. The van der Waals surface area contributed by atoms with Crippen LogP contribution in [0.3, 0.4) is 0 Å². The average Bonchev–Trinajstić information content (AvgIpc) is 3.43. The van der Waals surface area contributed by atoms with E-state index >= 15 is 0 Å². The van der Waals surface area contributed by atoms with Gasteiger partial charge < -0.3 is 9.52 Å². The molecule has 2 aromatic rings. The standard InChI is InChI=1S/C22H28O3/c1-3-8-15(9-4-2)19-14-18(23)21(22(24)25-19)20(17-12-13-17)16-10-6-5-7-11-16/h5-7,10-11,14-15,17,20,23H,3-4,8-9,12-13H2,1-2H3. The highest BCUT2D eigenvalue weighted by atomic mass is 16.4. The molecular weight excluding hydrogens is 312 g/mol. The van der Waals surface area contributed by atoms with Crippen molar-refractivity contribution in [3.05, 3.63) is 63.7 Å². The van der Waals surface area contributed by atoms with Crippen LogP contribution < -0.4 is 5.63 Å². The van der Waals surface area contributed by atoms with Crippen LogP contribution in [-0.2, 0) is 0 Å². The zero-order chi connectivity index (χ0) is 17.8. The second-order valence-electron chi connectivity index (χ2n) is 7.24. The zero-order valence-electron chi connectivity index (χ0n) is 15.2. The Morgan fingerprint density at radius 1 is 1.12 bits per heavy atom. The summed E-state index contributed by atoms with van der Waals surface area (Å²) in [6.07, 6.45) is 6.20. The minimum absolute atomic E-state index is 0.0673. The first-order valence-electron chi connectivity index (χ1n) is 9.57. The van der Waals surface area contributed by atoms with Gasteiger partial charge in [-0.1, -0.05) is 57.0 Å². The number of rotatable bonds is 8. The molecule has 1 aliphatic carbocycles. The van der Waals surface area contributed by atoms with Crippen molar-refractivity contribution in [2.24, 2.45) is 5.92 Å². The van der Waals surface area contributed by atoms with Crippen LogP contribution in [0.25, 0.3) is 0 Å². The third kappa shape index (κ3) is 3.97. The van der Waals surface area contributed by atoms with Crippen molar-refractivity contribution >= 4 is 0 Å². The Morgan fingerprint density at radius 2 is 1.76 bits per heavy atom. The second kappa shape index (κ2) is 7.90. The Labute approximate surface area is 149 Å². The smallest absolute Gasteiger partial charge is 0.343 e. The lowest BCUT2D eigenvalue weighted by molar-refractivity contribution is 0.367. The summed E-state index contributed by atoms with van der Waals surface area (Å²) in [4.78, 5) is 12.8. The molecule has 0 aliphatic heterocycles. The quantitative estimate of drug-likeness (QED) is 0.683. The third-order valence-corrected chi connectivity index (χ3v) is 5.23. The molecule has 3 heteroatoms. The first-order valence-corrected chi connectivity index (χ1v) is 9.57. The van der Waals surface area contributed by atoms with Crippen LogP contribution >= 0.6 is 0 Å². The van der Waals surface area contributed by atoms with Gasteiger partial charge in [0.2, 0.25) is 0 Å². The van der Waals surface area contributed by atoms with Gasteiger partial charge in [0.25, 0.3) is 0 Å². The van der Waals surface area contributed by atoms with Gasteiger partial charge in [0.05, 0.1) is 5.56 Å². The molecular formula is C22H28O3. The van der Waals surface area contributed by atoms with E-state index < -0.39 is 0 Å². The van der Waals surface area contributed by atoms with Crippen LogP contribution in [0.2, 0.25) is 0 Å². The molecule has 134 valence electrons. The molecule has 0 spiro atoms. The van der Waals surface area contributed by atoms with Crippen molar-refractivity contribution in [1.29, 1.82) is 0 Å². The Hall–Kier alpha value is -2.03. The summed E-state index contributed by atoms with van der Waals surface area (Å²) in [7, 11) is 0. The maximum absolute atomic E-state index is 12.8. The molecule has 1 aliphatic rings. The highest BCUT2D eigenvalue weighted by Gasteiger charge is 2.37. The lowest BCUT2D eigenvalue weighted by Gasteiger charge is -2.19. The molecule has 1 atom stereocenters. The fourth-order valence-electron chi connectivity index (χ4n) is 3.89. The van der Waals surface area contributed by atoms with E-state index in [1.54, 1.807) is 6.07 Å². The molecule has 1 heterocycles. The van der Waals surface area contributed by atoms with Crippen LogP contribution in [0.1, 0.15) is 81.1 Å². The second-order valence-corrected chi connectivity index (χ2v) is 7.24. The Bertz CT molecular complexity index is 738. The monoisotopic (exact) mass is 340 g/mol. The molecule has 1 aromatic heterocycles. The summed E-state index contributed by atoms with van der Waals surface area (Å²) in [5.74, 6) is 1.30.